The Labute approximate surface area is 121 Å². The molecule has 0 saturated carbocycles. The summed E-state index contributed by atoms with van der Waals surface area (Å²) in [7, 11) is 0. The van der Waals surface area contributed by atoms with Crippen LogP contribution in [0.5, 0.6) is 0 Å². The average molecular weight is 328 g/mol. The van der Waals surface area contributed by atoms with E-state index >= 15 is 0 Å². The van der Waals surface area contributed by atoms with E-state index in [1.165, 1.54) is 0 Å². The van der Waals surface area contributed by atoms with Crippen LogP contribution in [0.2, 0.25) is 0 Å². The molecule has 0 spiro atoms. The number of aliphatic carboxylic acids is 2. The molecule has 2 amide bonds. The molecule has 8 N–H and O–H groups in total. The largest absolute Gasteiger partial charge is 2.00 e. The number of hydrogen-bond acceptors (Lipinski definition) is 8. The third kappa shape index (κ3) is 16.4. The quantitative estimate of drug-likeness (QED) is 0.343. The Bertz CT molecular complexity index is 305. The second kappa shape index (κ2) is 11.5. The molecule has 0 rings (SSSR count). The Kier molecular flexibility index (Phi) is 13.7. The molecule has 0 fully saturated rings. The van der Waals surface area contributed by atoms with Gasteiger partial charge in [0.15, 0.2) is 0 Å². The fourth-order valence-corrected chi connectivity index (χ4v) is 0.600. The van der Waals surface area contributed by atoms with E-state index in [2.05, 4.69) is 11.5 Å². The molecule has 10 nitrogen and oxygen atoms in total. The minimum absolute atomic E-state index is 0. The van der Waals surface area contributed by atoms with Crippen LogP contribution in [0.25, 0.3) is 0 Å². The number of primary amides is 2. The molecule has 0 bridgehead atoms. The van der Waals surface area contributed by atoms with Gasteiger partial charge in [0.1, 0.15) is 0 Å². The molecule has 2 unspecified atom stereocenters. The minimum Gasteiger partial charge on any atom is -0.548 e. The number of nitrogens with two attached hydrogens (primary N) is 4. The molecule has 19 heavy (non-hydrogen) atoms. The Hall–Kier alpha value is -1.58. The van der Waals surface area contributed by atoms with E-state index in [0.717, 1.165) is 0 Å². The van der Waals surface area contributed by atoms with Gasteiger partial charge in [-0.05, 0) is 0 Å². The fourth-order valence-electron chi connectivity index (χ4n) is 0.600. The van der Waals surface area contributed by atoms with Crippen LogP contribution in [-0.2, 0) is 38.7 Å². The normalized spacial score (nSPS) is 11.9. The van der Waals surface area contributed by atoms with Crippen molar-refractivity contribution in [1.82, 2.24) is 0 Å². The first-order valence-corrected chi connectivity index (χ1v) is 4.57. The first kappa shape index (κ1) is 22.6. The third-order valence-corrected chi connectivity index (χ3v) is 1.45. The first-order chi connectivity index (χ1) is 8.07. The topological polar surface area (TPSA) is 218 Å². The van der Waals surface area contributed by atoms with E-state index in [1.807, 2.05) is 0 Å². The SMILES string of the molecule is NC(=O)CC(N)C(=O)[O-].NC(=O)CC(N)C(=O)[O-].[Zn+2]. The predicted octanol–water partition coefficient (Wildman–Crippen LogP) is -6.12. The minimum atomic E-state index is -1.46. The number of hydrogen-bond donors (Lipinski definition) is 4. The summed E-state index contributed by atoms with van der Waals surface area (Å²) in [6.45, 7) is 0. The Balaban J connectivity index is -0.000000256. The number of carbonyl (C=O) groups is 4. The van der Waals surface area contributed by atoms with E-state index in [-0.39, 0.29) is 32.3 Å². The summed E-state index contributed by atoms with van der Waals surface area (Å²) in [6, 6.07) is -2.55. The van der Waals surface area contributed by atoms with Gasteiger partial charge in [-0.1, -0.05) is 0 Å². The number of carboxylic acid groups (broad SMARTS) is 2. The van der Waals surface area contributed by atoms with Crippen molar-refractivity contribution in [2.45, 2.75) is 24.9 Å². The molecule has 0 saturated heterocycles. The van der Waals surface area contributed by atoms with Crippen molar-refractivity contribution in [2.75, 3.05) is 0 Å². The summed E-state index contributed by atoms with van der Waals surface area (Å²) in [5.74, 6) is -4.42. The van der Waals surface area contributed by atoms with Gasteiger partial charge in [-0.25, -0.2) is 0 Å². The Morgan fingerprint density at radius 1 is 0.789 bits per heavy atom. The summed E-state index contributed by atoms with van der Waals surface area (Å²) in [4.78, 5) is 39.5. The molecule has 0 radical (unpaired) electrons. The summed E-state index contributed by atoms with van der Waals surface area (Å²) in [5.41, 5.74) is 19.0. The van der Waals surface area contributed by atoms with Crippen LogP contribution < -0.4 is 33.1 Å². The Morgan fingerprint density at radius 3 is 1.05 bits per heavy atom. The van der Waals surface area contributed by atoms with Gasteiger partial charge in [0.2, 0.25) is 11.8 Å². The number of carboxylic acids is 2. The molecular formula is C8H14N4O6Zn. The van der Waals surface area contributed by atoms with E-state index < -0.39 is 35.8 Å². The molecule has 2 atom stereocenters. The smallest absolute Gasteiger partial charge is 0.548 e. The number of amides is 2. The molecule has 11 heteroatoms. The van der Waals surface area contributed by atoms with Crippen LogP contribution in [0.1, 0.15) is 12.8 Å². The molecule has 0 aromatic rings. The van der Waals surface area contributed by atoms with Crippen molar-refractivity contribution in [2.24, 2.45) is 22.9 Å². The van der Waals surface area contributed by atoms with Gasteiger partial charge in [-0.2, -0.15) is 0 Å². The maximum atomic E-state index is 9.97. The van der Waals surface area contributed by atoms with Gasteiger partial charge < -0.3 is 42.7 Å². The van der Waals surface area contributed by atoms with Crippen molar-refractivity contribution in [3.8, 4) is 0 Å². The second-order valence-corrected chi connectivity index (χ2v) is 3.19. The molecule has 0 aliphatic carbocycles. The van der Waals surface area contributed by atoms with Crippen molar-refractivity contribution in [3.63, 3.8) is 0 Å². The molecule has 0 aromatic heterocycles. The standard InChI is InChI=1S/2C4H8N2O3.Zn/c2*5-2(4(8)9)1-3(6)7;/h2*2H,1,5H2,(H2,6,7)(H,8,9);/q;;+2/p-2. The van der Waals surface area contributed by atoms with Gasteiger partial charge in [0.05, 0.1) is 24.0 Å². The molecule has 0 aliphatic rings. The zero-order chi connectivity index (χ0) is 14.9. The molecule has 0 aliphatic heterocycles. The maximum absolute atomic E-state index is 9.97. The first-order valence-electron chi connectivity index (χ1n) is 4.57. The summed E-state index contributed by atoms with van der Waals surface area (Å²) in [6.07, 6.45) is -0.745. The molecule has 0 aromatic carbocycles. The summed E-state index contributed by atoms with van der Waals surface area (Å²) in [5, 5.41) is 19.6. The Morgan fingerprint density at radius 2 is 1.00 bits per heavy atom. The molecular weight excluding hydrogens is 313 g/mol. The van der Waals surface area contributed by atoms with Crippen LogP contribution in [-0.4, -0.2) is 35.8 Å². The van der Waals surface area contributed by atoms with Gasteiger partial charge in [0.25, 0.3) is 0 Å². The van der Waals surface area contributed by atoms with Gasteiger partial charge in [0, 0.05) is 12.8 Å². The van der Waals surface area contributed by atoms with Crippen molar-refractivity contribution in [3.05, 3.63) is 0 Å². The monoisotopic (exact) mass is 326 g/mol. The fraction of sp³-hybridized carbons (Fsp3) is 0.500. The van der Waals surface area contributed by atoms with E-state index in [0.29, 0.717) is 0 Å². The molecule has 0 heterocycles. The third-order valence-electron chi connectivity index (χ3n) is 1.45. The van der Waals surface area contributed by atoms with Crippen molar-refractivity contribution >= 4 is 23.8 Å². The summed E-state index contributed by atoms with van der Waals surface area (Å²) < 4.78 is 0. The van der Waals surface area contributed by atoms with Gasteiger partial charge >= 0.3 is 19.5 Å². The maximum Gasteiger partial charge on any atom is 2.00 e. The van der Waals surface area contributed by atoms with E-state index in [4.69, 9.17) is 11.5 Å². The number of carbonyl (C=O) groups excluding carboxylic acids is 4. The predicted molar refractivity (Wildman–Crippen MR) is 53.6 cm³/mol. The zero-order valence-corrected chi connectivity index (χ0v) is 13.0. The van der Waals surface area contributed by atoms with E-state index in [1.54, 1.807) is 0 Å². The van der Waals surface area contributed by atoms with Crippen LogP contribution in [0.15, 0.2) is 0 Å². The van der Waals surface area contributed by atoms with Crippen molar-refractivity contribution in [1.29, 1.82) is 0 Å². The number of rotatable bonds is 6. The van der Waals surface area contributed by atoms with E-state index in [9.17, 15) is 29.4 Å². The van der Waals surface area contributed by atoms with Crippen LogP contribution in [0.3, 0.4) is 0 Å². The molecule has 104 valence electrons. The van der Waals surface area contributed by atoms with Crippen LogP contribution >= 0.6 is 0 Å². The summed E-state index contributed by atoms with van der Waals surface area (Å²) >= 11 is 0. The van der Waals surface area contributed by atoms with Crippen LogP contribution in [0, 0.1) is 0 Å². The average Bonchev–Trinajstić information content (AvgIpc) is 2.16. The zero-order valence-electron chi connectivity index (χ0n) is 10.0. The second-order valence-electron chi connectivity index (χ2n) is 3.19. The van der Waals surface area contributed by atoms with Gasteiger partial charge in [-0.15, -0.1) is 0 Å². The van der Waals surface area contributed by atoms with Crippen LogP contribution in [0.4, 0.5) is 0 Å². The van der Waals surface area contributed by atoms with Gasteiger partial charge in [-0.3, -0.25) is 9.59 Å². The van der Waals surface area contributed by atoms with Crippen molar-refractivity contribution < 1.29 is 48.9 Å².